The third-order valence-corrected chi connectivity index (χ3v) is 3.57. The summed E-state index contributed by atoms with van der Waals surface area (Å²) in [6.45, 7) is 3.26. The predicted molar refractivity (Wildman–Crippen MR) is 73.8 cm³/mol. The average molecular weight is 298 g/mol. The van der Waals surface area contributed by atoms with Crippen LogP contribution in [0.4, 0.5) is 11.4 Å². The van der Waals surface area contributed by atoms with E-state index in [1.165, 1.54) is 18.2 Å². The van der Waals surface area contributed by atoms with Crippen molar-refractivity contribution in [2.75, 3.05) is 5.32 Å². The Hall–Kier alpha value is -1.74. The van der Waals surface area contributed by atoms with Crippen molar-refractivity contribution >= 4 is 11.4 Å². The van der Waals surface area contributed by atoms with E-state index in [1.54, 1.807) is 13.8 Å². The van der Waals surface area contributed by atoms with Crippen molar-refractivity contribution in [2.45, 2.75) is 44.5 Å². The van der Waals surface area contributed by atoms with Crippen LogP contribution in [-0.2, 0) is 4.74 Å². The third-order valence-electron chi connectivity index (χ3n) is 3.57. The quantitative estimate of drug-likeness (QED) is 0.462. The van der Waals surface area contributed by atoms with E-state index >= 15 is 0 Å². The molecule has 0 amide bonds. The van der Waals surface area contributed by atoms with Crippen molar-refractivity contribution in [3.8, 4) is 0 Å². The Morgan fingerprint density at radius 2 is 1.90 bits per heavy atom. The number of nitrogens with one attached hydrogen (secondary N) is 1. The number of anilines is 1. The smallest absolute Gasteiger partial charge is 0.269 e. The van der Waals surface area contributed by atoms with Gasteiger partial charge < -0.3 is 25.4 Å². The molecule has 1 aromatic carbocycles. The van der Waals surface area contributed by atoms with Gasteiger partial charge in [-0.3, -0.25) is 10.1 Å². The molecule has 21 heavy (non-hydrogen) atoms. The zero-order valence-electron chi connectivity index (χ0n) is 11.6. The monoisotopic (exact) mass is 298 g/mol. The maximum Gasteiger partial charge on any atom is 0.269 e. The Labute approximate surface area is 121 Å². The second-order valence-electron chi connectivity index (χ2n) is 5.13. The summed E-state index contributed by atoms with van der Waals surface area (Å²) in [6.07, 6.45) is -5.38. The first-order valence-electron chi connectivity index (χ1n) is 6.52. The van der Waals surface area contributed by atoms with Crippen LogP contribution in [0.5, 0.6) is 0 Å². The molecule has 0 aliphatic carbocycles. The first-order valence-corrected chi connectivity index (χ1v) is 6.52. The van der Waals surface area contributed by atoms with Crippen molar-refractivity contribution < 1.29 is 25.0 Å². The molecular formula is C13H18N2O6. The van der Waals surface area contributed by atoms with Crippen molar-refractivity contribution in [1.29, 1.82) is 0 Å². The van der Waals surface area contributed by atoms with Crippen molar-refractivity contribution in [2.24, 2.45) is 0 Å². The molecule has 1 heterocycles. The summed E-state index contributed by atoms with van der Waals surface area (Å²) in [4.78, 5) is 10.2. The molecule has 0 unspecified atom stereocenters. The minimum Gasteiger partial charge on any atom is -0.388 e. The summed E-state index contributed by atoms with van der Waals surface area (Å²) in [5.41, 5.74) is 1.11. The molecule has 5 atom stereocenters. The van der Waals surface area contributed by atoms with Gasteiger partial charge in [-0.15, -0.1) is 0 Å². The number of non-ortho nitro benzene ring substituents is 1. The van der Waals surface area contributed by atoms with E-state index in [-0.39, 0.29) is 5.69 Å². The number of aryl methyl sites for hydroxylation is 1. The molecule has 4 N–H and O–H groups in total. The lowest BCUT2D eigenvalue weighted by molar-refractivity contribution is -0.384. The van der Waals surface area contributed by atoms with Crippen molar-refractivity contribution in [1.82, 2.24) is 0 Å². The summed E-state index contributed by atoms with van der Waals surface area (Å²) < 4.78 is 5.41. The van der Waals surface area contributed by atoms with Gasteiger partial charge in [0, 0.05) is 17.8 Å². The highest BCUT2D eigenvalue weighted by atomic mass is 16.6. The fraction of sp³-hybridized carbons (Fsp3) is 0.538. The number of nitro groups is 1. The summed E-state index contributed by atoms with van der Waals surface area (Å²) in [7, 11) is 0. The Kier molecular flexibility index (Phi) is 4.43. The Bertz CT molecular complexity index is 537. The first-order chi connectivity index (χ1) is 9.81. The zero-order chi connectivity index (χ0) is 15.7. The Morgan fingerprint density at radius 3 is 2.48 bits per heavy atom. The van der Waals surface area contributed by atoms with E-state index < -0.39 is 35.6 Å². The summed E-state index contributed by atoms with van der Waals surface area (Å²) in [5, 5.41) is 42.8. The molecule has 1 aliphatic heterocycles. The lowest BCUT2D eigenvalue weighted by atomic mass is 9.99. The van der Waals surface area contributed by atoms with Gasteiger partial charge in [-0.05, 0) is 25.5 Å². The molecule has 0 radical (unpaired) electrons. The predicted octanol–water partition coefficient (Wildman–Crippen LogP) is 0.143. The van der Waals surface area contributed by atoms with Crippen LogP contribution in [0, 0.1) is 17.0 Å². The number of nitro benzene ring substituents is 1. The molecule has 1 aliphatic rings. The van der Waals surface area contributed by atoms with Crippen molar-refractivity contribution in [3.05, 3.63) is 33.9 Å². The maximum atomic E-state index is 10.7. The van der Waals surface area contributed by atoms with Crippen LogP contribution in [0.25, 0.3) is 0 Å². The molecule has 0 saturated carbocycles. The van der Waals surface area contributed by atoms with Crippen molar-refractivity contribution in [3.63, 3.8) is 0 Å². The number of hydrogen-bond acceptors (Lipinski definition) is 7. The lowest BCUT2D eigenvalue weighted by Crippen LogP contribution is -2.58. The lowest BCUT2D eigenvalue weighted by Gasteiger charge is -2.40. The van der Waals surface area contributed by atoms with E-state index in [0.29, 0.717) is 11.3 Å². The fourth-order valence-corrected chi connectivity index (χ4v) is 2.25. The number of aliphatic hydroxyl groups excluding tert-OH is 3. The number of rotatable bonds is 3. The van der Waals surface area contributed by atoms with E-state index in [9.17, 15) is 25.4 Å². The zero-order valence-corrected chi connectivity index (χ0v) is 11.6. The van der Waals surface area contributed by atoms with Crippen LogP contribution in [0.2, 0.25) is 0 Å². The minimum atomic E-state index is -1.33. The molecule has 0 spiro atoms. The highest BCUT2D eigenvalue weighted by Gasteiger charge is 2.41. The highest BCUT2D eigenvalue weighted by Crippen LogP contribution is 2.26. The van der Waals surface area contributed by atoms with E-state index in [4.69, 9.17) is 4.74 Å². The summed E-state index contributed by atoms with van der Waals surface area (Å²) >= 11 is 0. The van der Waals surface area contributed by atoms with Crippen LogP contribution in [0.15, 0.2) is 18.2 Å². The van der Waals surface area contributed by atoms with Crippen LogP contribution < -0.4 is 5.32 Å². The molecule has 1 fully saturated rings. The fourth-order valence-electron chi connectivity index (χ4n) is 2.25. The molecule has 8 heteroatoms. The van der Waals surface area contributed by atoms with Gasteiger partial charge in [-0.25, -0.2) is 0 Å². The summed E-state index contributed by atoms with van der Waals surface area (Å²) in [6, 6.07) is 4.23. The van der Waals surface area contributed by atoms with Crippen LogP contribution >= 0.6 is 0 Å². The largest absolute Gasteiger partial charge is 0.388 e. The van der Waals surface area contributed by atoms with Gasteiger partial charge in [-0.2, -0.15) is 0 Å². The molecule has 2 rings (SSSR count). The molecule has 0 aromatic heterocycles. The van der Waals surface area contributed by atoms with Gasteiger partial charge in [0.15, 0.2) is 6.23 Å². The number of benzene rings is 1. The number of aliphatic hydroxyl groups is 3. The maximum absolute atomic E-state index is 10.7. The third kappa shape index (κ3) is 3.13. The molecule has 1 aromatic rings. The van der Waals surface area contributed by atoms with E-state index in [1.807, 2.05) is 0 Å². The van der Waals surface area contributed by atoms with E-state index in [0.717, 1.165) is 0 Å². The second kappa shape index (κ2) is 5.94. The first kappa shape index (κ1) is 15.6. The van der Waals surface area contributed by atoms with Gasteiger partial charge in [0.1, 0.15) is 18.3 Å². The minimum absolute atomic E-state index is 0.0352. The van der Waals surface area contributed by atoms with E-state index in [2.05, 4.69) is 5.32 Å². The van der Waals surface area contributed by atoms with Crippen LogP contribution in [-0.4, -0.2) is 50.9 Å². The number of ether oxygens (including phenoxy) is 1. The second-order valence-corrected chi connectivity index (χ2v) is 5.13. The molecule has 1 saturated heterocycles. The standard InChI is InChI=1S/C13H18N2O6/c1-6-5-8(15(19)20)3-4-9(6)14-13-12(18)11(17)10(16)7(2)21-13/h3-5,7,10-14,16-18H,1-2H3/t7-,10+,11-,12+,13-/m1/s1. The normalized spacial score (nSPS) is 32.7. The van der Waals surface area contributed by atoms with Crippen LogP contribution in [0.1, 0.15) is 12.5 Å². The number of hydrogen-bond donors (Lipinski definition) is 4. The van der Waals surface area contributed by atoms with Gasteiger partial charge in [0.05, 0.1) is 11.0 Å². The van der Waals surface area contributed by atoms with Gasteiger partial charge in [-0.1, -0.05) is 0 Å². The molecule has 0 bridgehead atoms. The molecule has 8 nitrogen and oxygen atoms in total. The van der Waals surface area contributed by atoms with Gasteiger partial charge >= 0.3 is 0 Å². The molecular weight excluding hydrogens is 280 g/mol. The topological polar surface area (TPSA) is 125 Å². The number of nitrogens with zero attached hydrogens (tertiary/aromatic N) is 1. The Morgan fingerprint density at radius 1 is 1.24 bits per heavy atom. The van der Waals surface area contributed by atoms with Gasteiger partial charge in [0.25, 0.3) is 5.69 Å². The Balaban J connectivity index is 2.16. The van der Waals surface area contributed by atoms with Crippen LogP contribution in [0.3, 0.4) is 0 Å². The molecule has 116 valence electrons. The summed E-state index contributed by atoms with van der Waals surface area (Å²) in [5.74, 6) is 0. The highest BCUT2D eigenvalue weighted by molar-refractivity contribution is 5.55. The SMILES string of the molecule is Cc1cc([N+](=O)[O-])ccc1N[C@@H]1O[C@H](C)[C@H](O)[C@@H](O)[C@@H]1O. The van der Waals surface area contributed by atoms with Gasteiger partial charge in [0.2, 0.25) is 0 Å². The average Bonchev–Trinajstić information content (AvgIpc) is 2.44.